The summed E-state index contributed by atoms with van der Waals surface area (Å²) in [7, 11) is 0. The van der Waals surface area contributed by atoms with Crippen molar-refractivity contribution in [3.63, 3.8) is 0 Å². The first kappa shape index (κ1) is 12.4. The Hall–Kier alpha value is -1.07. The molecule has 1 aliphatic rings. The molecule has 2 N–H and O–H groups in total. The maximum atomic E-state index is 11.1. The Balaban J connectivity index is 2.30. The van der Waals surface area contributed by atoms with Gasteiger partial charge < -0.3 is 15.2 Å². The van der Waals surface area contributed by atoms with Crippen molar-refractivity contribution in [3.05, 3.63) is 28.2 Å². The van der Waals surface area contributed by atoms with Gasteiger partial charge in [-0.05, 0) is 31.5 Å². The Kier molecular flexibility index (Phi) is 3.40. The molecule has 5 heteroatoms. The van der Waals surface area contributed by atoms with E-state index in [9.17, 15) is 4.79 Å². The maximum Gasteiger partial charge on any atom is 0.337 e. The molecule has 1 aromatic rings. The monoisotopic (exact) mass is 299 g/mol. The fourth-order valence-corrected chi connectivity index (χ4v) is 2.26. The Morgan fingerprint density at radius 2 is 2.35 bits per heavy atom. The van der Waals surface area contributed by atoms with Crippen molar-refractivity contribution >= 4 is 27.6 Å². The summed E-state index contributed by atoms with van der Waals surface area (Å²) in [5, 5.41) is 12.4. The van der Waals surface area contributed by atoms with Crippen LogP contribution in [-0.2, 0) is 4.74 Å². The molecule has 0 radical (unpaired) electrons. The molecule has 0 saturated carbocycles. The van der Waals surface area contributed by atoms with Crippen LogP contribution in [0, 0.1) is 0 Å². The van der Waals surface area contributed by atoms with Crippen molar-refractivity contribution < 1.29 is 14.6 Å². The van der Waals surface area contributed by atoms with Gasteiger partial charge in [-0.1, -0.05) is 15.9 Å². The topological polar surface area (TPSA) is 58.6 Å². The third-order valence-electron chi connectivity index (χ3n) is 2.87. The van der Waals surface area contributed by atoms with E-state index in [-0.39, 0.29) is 11.1 Å². The molecule has 1 aliphatic heterocycles. The van der Waals surface area contributed by atoms with Crippen LogP contribution in [0.2, 0.25) is 0 Å². The van der Waals surface area contributed by atoms with Crippen LogP contribution in [0.1, 0.15) is 23.7 Å². The lowest BCUT2D eigenvalue weighted by Crippen LogP contribution is -2.35. The van der Waals surface area contributed by atoms with Crippen molar-refractivity contribution in [1.82, 2.24) is 0 Å². The number of carboxylic acids is 1. The molecule has 1 atom stereocenters. The highest BCUT2D eigenvalue weighted by atomic mass is 79.9. The lowest BCUT2D eigenvalue weighted by molar-refractivity contribution is 0.0697. The number of carboxylic acid groups (broad SMARTS) is 1. The molecule has 0 aromatic heterocycles. The summed E-state index contributed by atoms with van der Waals surface area (Å²) in [4.78, 5) is 11.1. The van der Waals surface area contributed by atoms with E-state index in [0.717, 1.165) is 10.9 Å². The van der Waals surface area contributed by atoms with Crippen LogP contribution in [0.5, 0.6) is 0 Å². The Morgan fingerprint density at radius 3 is 2.94 bits per heavy atom. The summed E-state index contributed by atoms with van der Waals surface area (Å²) in [5.74, 6) is -0.928. The van der Waals surface area contributed by atoms with Crippen molar-refractivity contribution in [2.75, 3.05) is 18.5 Å². The summed E-state index contributed by atoms with van der Waals surface area (Å²) in [5.41, 5.74) is 0.714. The standard InChI is InChI=1S/C12H14BrNO3/c1-12(4-5-17-7-12)14-10-6-8(13)2-3-9(10)11(15)16/h2-3,6,14H,4-5,7H2,1H3,(H,15,16). The van der Waals surface area contributed by atoms with Gasteiger partial charge in [-0.2, -0.15) is 0 Å². The molecule has 1 heterocycles. The molecule has 1 unspecified atom stereocenters. The Labute approximate surface area is 108 Å². The minimum atomic E-state index is -0.928. The number of halogens is 1. The highest BCUT2D eigenvalue weighted by Crippen LogP contribution is 2.28. The molecule has 0 amide bonds. The fraction of sp³-hybridized carbons (Fsp3) is 0.417. The van der Waals surface area contributed by atoms with E-state index in [1.165, 1.54) is 0 Å². The number of hydrogen-bond donors (Lipinski definition) is 2. The summed E-state index contributed by atoms with van der Waals surface area (Å²) in [6.45, 7) is 3.34. The summed E-state index contributed by atoms with van der Waals surface area (Å²) in [6, 6.07) is 5.10. The normalized spacial score (nSPS) is 23.6. The average Bonchev–Trinajstić information content (AvgIpc) is 2.64. The molecule has 1 saturated heterocycles. The number of carbonyl (C=O) groups is 1. The van der Waals surface area contributed by atoms with Gasteiger partial charge in [-0.25, -0.2) is 4.79 Å². The summed E-state index contributed by atoms with van der Waals surface area (Å²) >= 11 is 3.35. The first-order valence-corrected chi connectivity index (χ1v) is 6.18. The van der Waals surface area contributed by atoms with Gasteiger partial charge in [0.05, 0.1) is 23.4 Å². The second-order valence-electron chi connectivity index (χ2n) is 4.48. The van der Waals surface area contributed by atoms with Crippen molar-refractivity contribution in [1.29, 1.82) is 0 Å². The fourth-order valence-electron chi connectivity index (χ4n) is 1.90. The zero-order valence-corrected chi connectivity index (χ0v) is 11.1. The first-order valence-electron chi connectivity index (χ1n) is 5.39. The zero-order valence-electron chi connectivity index (χ0n) is 9.50. The van der Waals surface area contributed by atoms with E-state index in [1.54, 1.807) is 18.2 Å². The number of anilines is 1. The number of ether oxygens (including phenoxy) is 1. The first-order chi connectivity index (χ1) is 8.00. The Bertz CT molecular complexity index is 441. The second kappa shape index (κ2) is 4.66. The molecule has 1 fully saturated rings. The van der Waals surface area contributed by atoms with E-state index in [1.807, 2.05) is 6.92 Å². The van der Waals surface area contributed by atoms with Gasteiger partial charge in [0, 0.05) is 11.1 Å². The number of rotatable bonds is 3. The van der Waals surface area contributed by atoms with Gasteiger partial charge in [-0.3, -0.25) is 0 Å². The quantitative estimate of drug-likeness (QED) is 0.901. The van der Waals surface area contributed by atoms with Crippen molar-refractivity contribution in [2.45, 2.75) is 18.9 Å². The van der Waals surface area contributed by atoms with E-state index >= 15 is 0 Å². The van der Waals surface area contributed by atoms with Gasteiger partial charge in [0.2, 0.25) is 0 Å². The summed E-state index contributed by atoms with van der Waals surface area (Å²) < 4.78 is 6.20. The van der Waals surface area contributed by atoms with Crippen LogP contribution < -0.4 is 5.32 Å². The van der Waals surface area contributed by atoms with E-state index < -0.39 is 5.97 Å². The second-order valence-corrected chi connectivity index (χ2v) is 5.40. The highest BCUT2D eigenvalue weighted by molar-refractivity contribution is 9.10. The van der Waals surface area contributed by atoms with Crippen LogP contribution in [0.4, 0.5) is 5.69 Å². The van der Waals surface area contributed by atoms with Crippen LogP contribution in [0.15, 0.2) is 22.7 Å². The van der Waals surface area contributed by atoms with Crippen LogP contribution in [0.25, 0.3) is 0 Å². The van der Waals surface area contributed by atoms with Crippen LogP contribution >= 0.6 is 15.9 Å². The number of hydrogen-bond acceptors (Lipinski definition) is 3. The van der Waals surface area contributed by atoms with Gasteiger partial charge in [0.1, 0.15) is 0 Å². The van der Waals surface area contributed by atoms with Crippen LogP contribution in [-0.4, -0.2) is 29.8 Å². The lowest BCUT2D eigenvalue weighted by Gasteiger charge is -2.26. The minimum absolute atomic E-state index is 0.189. The number of benzene rings is 1. The molecule has 2 rings (SSSR count). The SMILES string of the molecule is CC1(Nc2cc(Br)ccc2C(=O)O)CCOC1. The third-order valence-corrected chi connectivity index (χ3v) is 3.36. The number of nitrogens with one attached hydrogen (secondary N) is 1. The molecule has 1 aromatic carbocycles. The molecule has 4 nitrogen and oxygen atoms in total. The van der Waals surface area contributed by atoms with E-state index in [2.05, 4.69) is 21.2 Å². The van der Waals surface area contributed by atoms with Gasteiger partial charge in [-0.15, -0.1) is 0 Å². The Morgan fingerprint density at radius 1 is 1.59 bits per heavy atom. The van der Waals surface area contributed by atoms with Gasteiger partial charge >= 0.3 is 5.97 Å². The highest BCUT2D eigenvalue weighted by Gasteiger charge is 2.30. The van der Waals surface area contributed by atoms with Crippen molar-refractivity contribution in [2.24, 2.45) is 0 Å². The molecule has 0 aliphatic carbocycles. The van der Waals surface area contributed by atoms with Crippen molar-refractivity contribution in [3.8, 4) is 0 Å². The van der Waals surface area contributed by atoms with E-state index in [4.69, 9.17) is 9.84 Å². The molecule has 17 heavy (non-hydrogen) atoms. The molecular formula is C12H14BrNO3. The zero-order chi connectivity index (χ0) is 12.5. The predicted octanol–water partition coefficient (Wildman–Crippen LogP) is 2.74. The lowest BCUT2D eigenvalue weighted by atomic mass is 10.0. The van der Waals surface area contributed by atoms with Gasteiger partial charge in [0.15, 0.2) is 0 Å². The average molecular weight is 300 g/mol. The molecule has 0 spiro atoms. The largest absolute Gasteiger partial charge is 0.478 e. The predicted molar refractivity (Wildman–Crippen MR) is 68.6 cm³/mol. The summed E-state index contributed by atoms with van der Waals surface area (Å²) in [6.07, 6.45) is 0.874. The molecule has 92 valence electrons. The minimum Gasteiger partial charge on any atom is -0.478 e. The third kappa shape index (κ3) is 2.79. The smallest absolute Gasteiger partial charge is 0.337 e. The molecular weight excluding hydrogens is 286 g/mol. The molecule has 0 bridgehead atoms. The maximum absolute atomic E-state index is 11.1. The van der Waals surface area contributed by atoms with E-state index in [0.29, 0.717) is 18.9 Å². The van der Waals surface area contributed by atoms with Gasteiger partial charge in [0.25, 0.3) is 0 Å². The van der Waals surface area contributed by atoms with Crippen LogP contribution in [0.3, 0.4) is 0 Å². The number of aromatic carboxylic acids is 1.